The van der Waals surface area contributed by atoms with Crippen LogP contribution in [-0.2, 0) is 6.54 Å². The number of anilines is 1. The summed E-state index contributed by atoms with van der Waals surface area (Å²) in [5, 5.41) is 7.06. The molecule has 24 heavy (non-hydrogen) atoms. The molecule has 0 fully saturated rings. The summed E-state index contributed by atoms with van der Waals surface area (Å²) >= 11 is 5.37. The van der Waals surface area contributed by atoms with Crippen LogP contribution in [0.25, 0.3) is 0 Å². The van der Waals surface area contributed by atoms with Crippen molar-refractivity contribution in [3.05, 3.63) is 59.7 Å². The highest BCUT2D eigenvalue weighted by Gasteiger charge is 2.03. The first-order valence-electron chi connectivity index (χ1n) is 8.34. The van der Waals surface area contributed by atoms with Crippen LogP contribution in [-0.4, -0.2) is 11.2 Å². The Labute approximate surface area is 150 Å². The number of hydrogen-bond acceptors (Lipinski definition) is 2. The summed E-state index contributed by atoms with van der Waals surface area (Å²) in [6, 6.07) is 16.4. The molecule has 0 aliphatic carbocycles. The molecular formula is C20H26N2OS. The molecule has 3 nitrogen and oxygen atoms in total. The summed E-state index contributed by atoms with van der Waals surface area (Å²) in [4.78, 5) is 0. The Hall–Kier alpha value is -2.07. The smallest absolute Gasteiger partial charge is 0.171 e. The van der Waals surface area contributed by atoms with E-state index in [1.165, 1.54) is 5.56 Å². The van der Waals surface area contributed by atoms with Crippen molar-refractivity contribution < 1.29 is 4.74 Å². The first kappa shape index (κ1) is 18.3. The number of thiocarbonyl (C=S) groups is 1. The van der Waals surface area contributed by atoms with Gasteiger partial charge in [-0.15, -0.1) is 0 Å². The fourth-order valence-electron chi connectivity index (χ4n) is 2.31. The Morgan fingerprint density at radius 3 is 2.38 bits per heavy atom. The molecule has 0 amide bonds. The Morgan fingerprint density at radius 2 is 1.75 bits per heavy atom. The van der Waals surface area contributed by atoms with Gasteiger partial charge < -0.3 is 15.4 Å². The first-order chi connectivity index (χ1) is 11.4. The van der Waals surface area contributed by atoms with Crippen LogP contribution >= 0.6 is 12.2 Å². The molecule has 2 rings (SSSR count). The third-order valence-electron chi connectivity index (χ3n) is 3.56. The molecule has 0 radical (unpaired) electrons. The molecule has 0 atom stereocenters. The Balaban J connectivity index is 1.86. The van der Waals surface area contributed by atoms with Gasteiger partial charge in [-0.2, -0.15) is 0 Å². The summed E-state index contributed by atoms with van der Waals surface area (Å²) in [7, 11) is 0. The van der Waals surface area contributed by atoms with E-state index in [-0.39, 0.29) is 6.10 Å². The minimum absolute atomic E-state index is 0.171. The third-order valence-corrected chi connectivity index (χ3v) is 3.80. The van der Waals surface area contributed by atoms with Gasteiger partial charge in [0.1, 0.15) is 5.75 Å². The fourth-order valence-corrected chi connectivity index (χ4v) is 2.50. The van der Waals surface area contributed by atoms with E-state index in [0.717, 1.165) is 17.0 Å². The molecule has 0 bridgehead atoms. The average molecular weight is 343 g/mol. The largest absolute Gasteiger partial charge is 0.491 e. The van der Waals surface area contributed by atoms with Crippen LogP contribution in [0.1, 0.15) is 44.7 Å². The standard InChI is InChI=1S/C20H26N2OS/c1-14(2)17-8-10-18(11-9-17)22-20(24)21-13-16-6-5-7-19(12-16)23-15(3)4/h5-12,14-15H,13H2,1-4H3,(H2,21,22,24). The third kappa shape index (κ3) is 5.85. The first-order valence-corrected chi connectivity index (χ1v) is 8.75. The van der Waals surface area contributed by atoms with Gasteiger partial charge in [-0.1, -0.05) is 38.1 Å². The molecule has 0 saturated carbocycles. The molecule has 0 spiro atoms. The second-order valence-electron chi connectivity index (χ2n) is 6.40. The van der Waals surface area contributed by atoms with Crippen LogP contribution in [0.3, 0.4) is 0 Å². The van der Waals surface area contributed by atoms with Gasteiger partial charge in [0.2, 0.25) is 0 Å². The van der Waals surface area contributed by atoms with Crippen LogP contribution in [0.15, 0.2) is 48.5 Å². The Bertz CT molecular complexity index is 666. The topological polar surface area (TPSA) is 33.3 Å². The lowest BCUT2D eigenvalue weighted by Gasteiger charge is -2.13. The van der Waals surface area contributed by atoms with Gasteiger partial charge in [0.25, 0.3) is 0 Å². The summed E-state index contributed by atoms with van der Waals surface area (Å²) in [6.45, 7) is 9.08. The van der Waals surface area contributed by atoms with Crippen LogP contribution in [0, 0.1) is 0 Å². The van der Waals surface area contributed by atoms with E-state index in [0.29, 0.717) is 17.6 Å². The van der Waals surface area contributed by atoms with Crippen molar-refractivity contribution in [3.63, 3.8) is 0 Å². The van der Waals surface area contributed by atoms with Gasteiger partial charge in [-0.25, -0.2) is 0 Å². The number of hydrogen-bond donors (Lipinski definition) is 2. The molecule has 2 aromatic rings. The van der Waals surface area contributed by atoms with Gasteiger partial charge in [-0.3, -0.25) is 0 Å². The van der Waals surface area contributed by atoms with Crippen LogP contribution in [0.5, 0.6) is 5.75 Å². The normalized spacial score (nSPS) is 10.8. The van der Waals surface area contributed by atoms with Gasteiger partial charge in [0.15, 0.2) is 5.11 Å². The molecule has 0 aromatic heterocycles. The molecule has 0 aliphatic heterocycles. The van der Waals surface area contributed by atoms with Crippen molar-refractivity contribution in [2.75, 3.05) is 5.32 Å². The highest BCUT2D eigenvalue weighted by molar-refractivity contribution is 7.80. The maximum Gasteiger partial charge on any atom is 0.171 e. The van der Waals surface area contributed by atoms with Gasteiger partial charge in [0, 0.05) is 12.2 Å². The van der Waals surface area contributed by atoms with E-state index in [9.17, 15) is 0 Å². The number of benzene rings is 2. The second-order valence-corrected chi connectivity index (χ2v) is 6.81. The number of ether oxygens (including phenoxy) is 1. The average Bonchev–Trinajstić information content (AvgIpc) is 2.53. The molecule has 0 saturated heterocycles. The lowest BCUT2D eigenvalue weighted by atomic mass is 10.0. The maximum absolute atomic E-state index is 5.71. The zero-order valence-electron chi connectivity index (χ0n) is 14.8. The lowest BCUT2D eigenvalue weighted by Crippen LogP contribution is -2.27. The van der Waals surface area contributed by atoms with Crippen LogP contribution < -0.4 is 15.4 Å². The molecule has 128 valence electrons. The van der Waals surface area contributed by atoms with Crippen molar-refractivity contribution in [3.8, 4) is 5.75 Å². The zero-order valence-corrected chi connectivity index (χ0v) is 15.6. The molecule has 2 aromatic carbocycles. The summed E-state index contributed by atoms with van der Waals surface area (Å²) in [5.41, 5.74) is 3.45. The monoisotopic (exact) mass is 342 g/mol. The van der Waals surface area contributed by atoms with E-state index < -0.39 is 0 Å². The van der Waals surface area contributed by atoms with Crippen LogP contribution in [0.4, 0.5) is 5.69 Å². The fraction of sp³-hybridized carbons (Fsp3) is 0.350. The summed E-state index contributed by atoms with van der Waals surface area (Å²) in [6.07, 6.45) is 0.171. The summed E-state index contributed by atoms with van der Waals surface area (Å²) < 4.78 is 5.71. The predicted molar refractivity (Wildman–Crippen MR) is 106 cm³/mol. The second kappa shape index (κ2) is 8.69. The predicted octanol–water partition coefficient (Wildman–Crippen LogP) is 5.08. The van der Waals surface area contributed by atoms with E-state index in [1.54, 1.807) is 0 Å². The molecule has 4 heteroatoms. The zero-order chi connectivity index (χ0) is 17.5. The van der Waals surface area contributed by atoms with Gasteiger partial charge in [-0.05, 0) is 67.4 Å². The molecule has 2 N–H and O–H groups in total. The SMILES string of the molecule is CC(C)Oc1cccc(CNC(=S)Nc2ccc(C(C)C)cc2)c1. The van der Waals surface area contributed by atoms with Crippen LogP contribution in [0.2, 0.25) is 0 Å². The minimum Gasteiger partial charge on any atom is -0.491 e. The number of nitrogens with one attached hydrogen (secondary N) is 2. The van der Waals surface area contributed by atoms with Crippen molar-refractivity contribution in [1.29, 1.82) is 0 Å². The van der Waals surface area contributed by atoms with Gasteiger partial charge in [0.05, 0.1) is 6.10 Å². The van der Waals surface area contributed by atoms with Crippen molar-refractivity contribution >= 4 is 23.0 Å². The van der Waals surface area contributed by atoms with Crippen molar-refractivity contribution in [2.45, 2.75) is 46.3 Å². The molecule has 0 unspecified atom stereocenters. The van der Waals surface area contributed by atoms with E-state index in [4.69, 9.17) is 17.0 Å². The van der Waals surface area contributed by atoms with E-state index in [1.807, 2.05) is 32.0 Å². The summed E-state index contributed by atoms with van der Waals surface area (Å²) in [5.74, 6) is 1.41. The minimum atomic E-state index is 0.171. The molecule has 0 heterocycles. The van der Waals surface area contributed by atoms with Gasteiger partial charge >= 0.3 is 0 Å². The highest BCUT2D eigenvalue weighted by atomic mass is 32.1. The Morgan fingerprint density at radius 1 is 1.04 bits per heavy atom. The van der Waals surface area contributed by atoms with E-state index >= 15 is 0 Å². The Kier molecular flexibility index (Phi) is 6.62. The number of rotatable bonds is 6. The quantitative estimate of drug-likeness (QED) is 0.717. The lowest BCUT2D eigenvalue weighted by molar-refractivity contribution is 0.242. The van der Waals surface area contributed by atoms with E-state index in [2.05, 4.69) is 54.8 Å². The van der Waals surface area contributed by atoms with Crippen molar-refractivity contribution in [2.24, 2.45) is 0 Å². The highest BCUT2D eigenvalue weighted by Crippen LogP contribution is 2.17. The molecular weight excluding hydrogens is 316 g/mol. The molecule has 0 aliphatic rings. The maximum atomic E-state index is 5.71. The van der Waals surface area contributed by atoms with Crippen molar-refractivity contribution in [1.82, 2.24) is 5.32 Å².